The number of carbonyl (C=O) groups is 1. The summed E-state index contributed by atoms with van der Waals surface area (Å²) in [6.45, 7) is 4.54. The number of nitrogens with zero attached hydrogens (tertiary/aromatic N) is 3. The molecule has 3 N–H and O–H groups in total. The Labute approximate surface area is 203 Å². The van der Waals surface area contributed by atoms with Gasteiger partial charge >= 0.3 is 0 Å². The second kappa shape index (κ2) is 11.7. The highest BCUT2D eigenvalue weighted by Crippen LogP contribution is 2.36. The van der Waals surface area contributed by atoms with Crippen LogP contribution in [0, 0.1) is 22.7 Å². The Balaban J connectivity index is 1.75. The third-order valence-electron chi connectivity index (χ3n) is 5.08. The number of thioether (sulfide) groups is 1. The lowest BCUT2D eigenvalue weighted by Crippen LogP contribution is -2.12. The molecule has 0 radical (unpaired) electrons. The van der Waals surface area contributed by atoms with Crippen molar-refractivity contribution in [2.24, 2.45) is 0 Å². The lowest BCUT2D eigenvalue weighted by molar-refractivity contribution is -0.115. The number of nitrogens with two attached hydrogens (primary N) is 1. The first-order valence-corrected chi connectivity index (χ1v) is 11.9. The molecule has 0 saturated heterocycles. The summed E-state index contributed by atoms with van der Waals surface area (Å²) in [5, 5.41) is 22.8. The molecule has 0 fully saturated rings. The number of nitriles is 2. The van der Waals surface area contributed by atoms with Crippen LogP contribution in [0.4, 0.5) is 11.5 Å². The van der Waals surface area contributed by atoms with Gasteiger partial charge < -0.3 is 15.8 Å². The van der Waals surface area contributed by atoms with Crippen molar-refractivity contribution in [2.75, 3.05) is 23.4 Å². The predicted molar refractivity (Wildman–Crippen MR) is 134 cm³/mol. The third kappa shape index (κ3) is 5.86. The van der Waals surface area contributed by atoms with E-state index in [1.54, 1.807) is 24.3 Å². The number of amides is 1. The Morgan fingerprint density at radius 1 is 1.06 bits per heavy atom. The lowest BCUT2D eigenvalue weighted by Gasteiger charge is -2.13. The van der Waals surface area contributed by atoms with Crippen molar-refractivity contribution in [2.45, 2.75) is 31.7 Å². The van der Waals surface area contributed by atoms with Crippen molar-refractivity contribution < 1.29 is 9.53 Å². The fourth-order valence-electron chi connectivity index (χ4n) is 3.36. The van der Waals surface area contributed by atoms with E-state index in [0.29, 0.717) is 28.6 Å². The summed E-state index contributed by atoms with van der Waals surface area (Å²) in [5.41, 5.74) is 9.56. The highest BCUT2D eigenvalue weighted by Gasteiger charge is 2.20. The number of rotatable bonds is 9. The molecule has 0 saturated carbocycles. The molecule has 3 rings (SSSR count). The van der Waals surface area contributed by atoms with Gasteiger partial charge in [-0.15, -0.1) is 11.8 Å². The van der Waals surface area contributed by atoms with Crippen LogP contribution in [0.3, 0.4) is 0 Å². The van der Waals surface area contributed by atoms with E-state index in [4.69, 9.17) is 10.5 Å². The molecule has 1 amide bonds. The van der Waals surface area contributed by atoms with E-state index in [9.17, 15) is 15.3 Å². The molecule has 34 heavy (non-hydrogen) atoms. The largest absolute Gasteiger partial charge is 0.494 e. The topological polar surface area (TPSA) is 125 Å². The van der Waals surface area contributed by atoms with E-state index < -0.39 is 0 Å². The van der Waals surface area contributed by atoms with Crippen LogP contribution in [0.2, 0.25) is 0 Å². The van der Waals surface area contributed by atoms with Gasteiger partial charge in [-0.2, -0.15) is 10.5 Å². The highest BCUT2D eigenvalue weighted by molar-refractivity contribution is 7.99. The number of anilines is 2. The number of aromatic nitrogens is 1. The number of aryl methyl sites for hydroxylation is 1. The fraction of sp³-hybridized carbons (Fsp3) is 0.231. The second-order valence-electron chi connectivity index (χ2n) is 7.31. The zero-order valence-corrected chi connectivity index (χ0v) is 19.9. The van der Waals surface area contributed by atoms with E-state index in [1.165, 1.54) is 11.8 Å². The van der Waals surface area contributed by atoms with Gasteiger partial charge in [-0.3, -0.25) is 4.79 Å². The normalized spacial score (nSPS) is 10.2. The average molecular weight is 472 g/mol. The molecular weight excluding hydrogens is 446 g/mol. The first-order valence-electron chi connectivity index (χ1n) is 10.9. The van der Waals surface area contributed by atoms with Crippen LogP contribution in [0.1, 0.15) is 37.0 Å². The van der Waals surface area contributed by atoms with Gasteiger partial charge in [0.2, 0.25) is 5.91 Å². The monoisotopic (exact) mass is 471 g/mol. The second-order valence-corrected chi connectivity index (χ2v) is 8.39. The Hall–Kier alpha value is -4.01. The average Bonchev–Trinajstić information content (AvgIpc) is 2.85. The van der Waals surface area contributed by atoms with Gasteiger partial charge in [0.05, 0.1) is 12.2 Å². The van der Waals surface area contributed by atoms with E-state index in [1.807, 2.05) is 31.2 Å². The van der Waals surface area contributed by atoms with Crippen molar-refractivity contribution in [3.05, 3.63) is 65.2 Å². The molecule has 8 heteroatoms. The Morgan fingerprint density at radius 3 is 2.32 bits per heavy atom. The summed E-state index contributed by atoms with van der Waals surface area (Å²) in [7, 11) is 0. The number of hydrogen-bond acceptors (Lipinski definition) is 7. The van der Waals surface area contributed by atoms with E-state index in [0.717, 1.165) is 23.3 Å². The number of hydrogen-bond donors (Lipinski definition) is 2. The summed E-state index contributed by atoms with van der Waals surface area (Å²) in [5.74, 6) is 1.04. The maximum atomic E-state index is 12.4. The smallest absolute Gasteiger partial charge is 0.225 e. The van der Waals surface area contributed by atoms with E-state index >= 15 is 0 Å². The number of ether oxygens (including phenoxy) is 1. The van der Waals surface area contributed by atoms with Gasteiger partial charge in [0.15, 0.2) is 0 Å². The first-order chi connectivity index (χ1) is 16.5. The van der Waals surface area contributed by atoms with Crippen LogP contribution < -0.4 is 15.8 Å². The van der Waals surface area contributed by atoms with E-state index in [-0.39, 0.29) is 29.3 Å². The van der Waals surface area contributed by atoms with Gasteiger partial charge in [-0.25, -0.2) is 4.98 Å². The first kappa shape index (κ1) is 24.6. The maximum Gasteiger partial charge on any atom is 0.225 e. The Morgan fingerprint density at radius 2 is 1.74 bits per heavy atom. The van der Waals surface area contributed by atoms with Gasteiger partial charge in [0, 0.05) is 23.4 Å². The quantitative estimate of drug-likeness (QED) is 0.413. The molecule has 0 aliphatic carbocycles. The molecule has 1 aromatic heterocycles. The molecule has 3 aromatic rings. The van der Waals surface area contributed by atoms with Crippen LogP contribution >= 0.6 is 11.8 Å². The number of carbonyl (C=O) groups excluding carboxylic acids is 1. The standard InChI is InChI=1S/C26H25N5O2S/c1-3-17-5-7-18(8-6-17)24-21(15-27)25(29)31-26(22(24)16-28)34-14-13-23(32)30-19-9-11-20(12-10-19)33-4-2/h5-12H,3-4,13-14H2,1-2H3,(H2,29,31)(H,30,32). The molecule has 0 aliphatic rings. The molecule has 172 valence electrons. The molecule has 0 atom stereocenters. The summed E-state index contributed by atoms with van der Waals surface area (Å²) in [4.78, 5) is 16.7. The fourth-order valence-corrected chi connectivity index (χ4v) is 4.30. The van der Waals surface area contributed by atoms with Gasteiger partial charge in [0.25, 0.3) is 0 Å². The Bertz CT molecular complexity index is 1240. The zero-order chi connectivity index (χ0) is 24.5. The number of benzene rings is 2. The van der Waals surface area contributed by atoms with Crippen molar-refractivity contribution >= 4 is 29.2 Å². The molecular formula is C26H25N5O2S. The summed E-state index contributed by atoms with van der Waals surface area (Å²) in [6, 6.07) is 19.1. The van der Waals surface area contributed by atoms with Crippen LogP contribution in [0.5, 0.6) is 5.75 Å². The molecule has 0 aliphatic heterocycles. The van der Waals surface area contributed by atoms with Gasteiger partial charge in [-0.1, -0.05) is 31.2 Å². The number of nitrogens with one attached hydrogen (secondary N) is 1. The van der Waals surface area contributed by atoms with Crippen molar-refractivity contribution in [3.8, 4) is 29.0 Å². The number of pyridine rings is 1. The minimum Gasteiger partial charge on any atom is -0.494 e. The summed E-state index contributed by atoms with van der Waals surface area (Å²) in [6.07, 6.45) is 1.10. The van der Waals surface area contributed by atoms with Crippen molar-refractivity contribution in [1.82, 2.24) is 4.98 Å². The molecule has 1 heterocycles. The van der Waals surface area contributed by atoms with Gasteiger partial charge in [0.1, 0.15) is 34.3 Å². The summed E-state index contributed by atoms with van der Waals surface area (Å²) >= 11 is 1.27. The lowest BCUT2D eigenvalue weighted by atomic mass is 9.96. The van der Waals surface area contributed by atoms with Crippen LogP contribution in [0.25, 0.3) is 11.1 Å². The van der Waals surface area contributed by atoms with Crippen LogP contribution in [0.15, 0.2) is 53.6 Å². The molecule has 0 unspecified atom stereocenters. The summed E-state index contributed by atoms with van der Waals surface area (Å²) < 4.78 is 5.40. The third-order valence-corrected chi connectivity index (χ3v) is 6.06. The van der Waals surface area contributed by atoms with E-state index in [2.05, 4.69) is 29.4 Å². The molecule has 2 aromatic carbocycles. The highest BCUT2D eigenvalue weighted by atomic mass is 32.2. The molecule has 0 bridgehead atoms. The molecule has 7 nitrogen and oxygen atoms in total. The van der Waals surface area contributed by atoms with Crippen LogP contribution in [-0.4, -0.2) is 23.3 Å². The maximum absolute atomic E-state index is 12.4. The van der Waals surface area contributed by atoms with Gasteiger partial charge in [-0.05, 0) is 48.7 Å². The Kier molecular flexibility index (Phi) is 8.50. The molecule has 0 spiro atoms. The zero-order valence-electron chi connectivity index (χ0n) is 19.1. The predicted octanol–water partition coefficient (Wildman–Crippen LogP) is 5.16. The van der Waals surface area contributed by atoms with Crippen LogP contribution in [-0.2, 0) is 11.2 Å². The number of nitrogen functional groups attached to an aromatic ring is 1. The SMILES string of the molecule is CCOc1ccc(NC(=O)CCSc2nc(N)c(C#N)c(-c3ccc(CC)cc3)c2C#N)cc1. The van der Waals surface area contributed by atoms with Crippen molar-refractivity contribution in [3.63, 3.8) is 0 Å². The minimum absolute atomic E-state index is 0.0670. The van der Waals surface area contributed by atoms with Crippen molar-refractivity contribution in [1.29, 1.82) is 10.5 Å². The minimum atomic E-state index is -0.160.